The summed E-state index contributed by atoms with van der Waals surface area (Å²) in [5.41, 5.74) is 5.79. The Kier molecular flexibility index (Phi) is 6.68. The number of esters is 1. The van der Waals surface area contributed by atoms with Crippen LogP contribution in [-0.2, 0) is 35.2 Å². The molecule has 2 aromatic carbocycles. The maximum atomic E-state index is 13.5. The highest BCUT2D eigenvalue weighted by Crippen LogP contribution is 2.45. The number of fused-ring (bicyclic) bond motifs is 3. The van der Waals surface area contributed by atoms with E-state index in [1.54, 1.807) is 12.5 Å². The van der Waals surface area contributed by atoms with Gasteiger partial charge in [-0.15, -0.1) is 11.3 Å². The fraction of sp³-hybridized carbons (Fsp3) is 0.357. The van der Waals surface area contributed by atoms with Crippen molar-refractivity contribution in [2.45, 2.75) is 51.5 Å². The molecule has 0 saturated heterocycles. The topological polar surface area (TPSA) is 58.6 Å². The average molecular weight is 475 g/mol. The van der Waals surface area contributed by atoms with E-state index >= 15 is 0 Å². The molecule has 0 fully saturated rings. The van der Waals surface area contributed by atoms with E-state index in [9.17, 15) is 9.59 Å². The fourth-order valence-corrected chi connectivity index (χ4v) is 6.70. The van der Waals surface area contributed by atoms with Gasteiger partial charge in [-0.25, -0.2) is 4.79 Å². The van der Waals surface area contributed by atoms with Gasteiger partial charge in [0.25, 0.3) is 0 Å². The van der Waals surface area contributed by atoms with Crippen molar-refractivity contribution in [3.63, 3.8) is 0 Å². The second-order valence-corrected chi connectivity index (χ2v) is 10.1. The number of rotatable bonds is 5. The maximum absolute atomic E-state index is 13.5. The molecule has 1 aliphatic carbocycles. The van der Waals surface area contributed by atoms with Crippen molar-refractivity contribution in [3.05, 3.63) is 86.6 Å². The van der Waals surface area contributed by atoms with E-state index in [1.165, 1.54) is 41.0 Å². The molecule has 34 heavy (non-hydrogen) atoms. The second-order valence-electron chi connectivity index (χ2n) is 8.92. The number of nitrogens with one attached hydrogen (secondary N) is 1. The van der Waals surface area contributed by atoms with E-state index in [1.807, 2.05) is 46.6 Å². The third kappa shape index (κ3) is 4.60. The summed E-state index contributed by atoms with van der Waals surface area (Å²) in [5, 5.41) is 3.09. The van der Waals surface area contributed by atoms with E-state index in [4.69, 9.17) is 4.74 Å². The molecule has 2 heterocycles. The minimum Gasteiger partial charge on any atom is -0.466 e. The Morgan fingerprint density at radius 2 is 1.76 bits per heavy atom. The number of ether oxygens (including phenoxy) is 1. The molecule has 2 aliphatic rings. The molecule has 6 heteroatoms. The van der Waals surface area contributed by atoms with Crippen LogP contribution in [0.3, 0.4) is 0 Å². The van der Waals surface area contributed by atoms with Crippen molar-refractivity contribution >= 4 is 29.0 Å². The van der Waals surface area contributed by atoms with Crippen molar-refractivity contribution in [2.75, 3.05) is 18.5 Å². The van der Waals surface area contributed by atoms with Crippen LogP contribution in [0.4, 0.5) is 10.5 Å². The SMILES string of the molecule is CCOC(=O)Cc1ccc(NC(=O)N2CCc3c(sc4c3CCCC4)[C@@H]2c2ccccc2)cc1. The normalized spacial score (nSPS) is 17.0. The number of nitrogens with zero attached hydrogens (tertiary/aromatic N) is 1. The molecule has 0 bridgehead atoms. The van der Waals surface area contributed by atoms with E-state index in [0.29, 0.717) is 13.2 Å². The van der Waals surface area contributed by atoms with Crippen LogP contribution in [0.2, 0.25) is 0 Å². The zero-order valence-corrected chi connectivity index (χ0v) is 20.3. The lowest BCUT2D eigenvalue weighted by molar-refractivity contribution is -0.142. The molecule has 1 atom stereocenters. The summed E-state index contributed by atoms with van der Waals surface area (Å²) in [6, 6.07) is 17.6. The van der Waals surface area contributed by atoms with E-state index in [2.05, 4.69) is 29.6 Å². The lowest BCUT2D eigenvalue weighted by atomic mass is 9.88. The van der Waals surface area contributed by atoms with E-state index in [0.717, 1.165) is 23.2 Å². The Bertz CT molecular complexity index is 1170. The van der Waals surface area contributed by atoms with Crippen molar-refractivity contribution < 1.29 is 14.3 Å². The molecule has 0 spiro atoms. The number of carbonyl (C=O) groups is 2. The van der Waals surface area contributed by atoms with Gasteiger partial charge in [-0.05, 0) is 73.4 Å². The number of benzene rings is 2. The van der Waals surface area contributed by atoms with Crippen molar-refractivity contribution in [2.24, 2.45) is 0 Å². The number of thiophene rings is 1. The summed E-state index contributed by atoms with van der Waals surface area (Å²) in [5.74, 6) is -0.243. The van der Waals surface area contributed by atoms with Gasteiger partial charge in [0.05, 0.1) is 19.1 Å². The van der Waals surface area contributed by atoms with Crippen LogP contribution in [0.5, 0.6) is 0 Å². The van der Waals surface area contributed by atoms with Gasteiger partial charge in [0.1, 0.15) is 0 Å². The first kappa shape index (κ1) is 22.7. The zero-order chi connectivity index (χ0) is 23.5. The van der Waals surface area contributed by atoms with Crippen LogP contribution < -0.4 is 5.32 Å². The molecule has 5 rings (SSSR count). The third-order valence-electron chi connectivity index (χ3n) is 6.71. The highest BCUT2D eigenvalue weighted by molar-refractivity contribution is 7.12. The van der Waals surface area contributed by atoms with Gasteiger partial charge in [0.2, 0.25) is 0 Å². The van der Waals surface area contributed by atoms with Gasteiger partial charge in [-0.3, -0.25) is 4.79 Å². The summed E-state index contributed by atoms with van der Waals surface area (Å²) >= 11 is 1.91. The minimum absolute atomic E-state index is 0.0661. The third-order valence-corrected chi connectivity index (χ3v) is 8.10. The van der Waals surface area contributed by atoms with E-state index in [-0.39, 0.29) is 24.5 Å². The lowest BCUT2D eigenvalue weighted by Gasteiger charge is -2.36. The molecule has 0 saturated carbocycles. The number of amides is 2. The van der Waals surface area contributed by atoms with Gasteiger partial charge in [0.15, 0.2) is 0 Å². The number of aryl methyl sites for hydroxylation is 1. The first-order chi connectivity index (χ1) is 16.6. The number of anilines is 1. The Morgan fingerprint density at radius 3 is 2.53 bits per heavy atom. The highest BCUT2D eigenvalue weighted by atomic mass is 32.1. The quantitative estimate of drug-likeness (QED) is 0.468. The smallest absolute Gasteiger partial charge is 0.322 e. The van der Waals surface area contributed by atoms with Gasteiger partial charge in [0, 0.05) is 22.0 Å². The summed E-state index contributed by atoms with van der Waals surface area (Å²) in [4.78, 5) is 30.1. The Labute approximate surface area is 204 Å². The summed E-state index contributed by atoms with van der Waals surface area (Å²) in [6.45, 7) is 2.87. The van der Waals surface area contributed by atoms with E-state index < -0.39 is 0 Å². The lowest BCUT2D eigenvalue weighted by Crippen LogP contribution is -2.42. The minimum atomic E-state index is -0.243. The first-order valence-electron chi connectivity index (χ1n) is 12.1. The largest absolute Gasteiger partial charge is 0.466 e. The fourth-order valence-electron chi connectivity index (χ4n) is 5.12. The molecular weight excluding hydrogens is 444 g/mol. The van der Waals surface area contributed by atoms with Gasteiger partial charge in [-0.1, -0.05) is 42.5 Å². The van der Waals surface area contributed by atoms with Gasteiger partial charge >= 0.3 is 12.0 Å². The van der Waals surface area contributed by atoms with Crippen LogP contribution in [0.1, 0.15) is 57.8 Å². The zero-order valence-electron chi connectivity index (χ0n) is 19.5. The molecule has 1 N–H and O–H groups in total. The first-order valence-corrected chi connectivity index (χ1v) is 13.0. The maximum Gasteiger partial charge on any atom is 0.322 e. The molecule has 0 unspecified atom stereocenters. The molecule has 3 aromatic rings. The Morgan fingerprint density at radius 1 is 1.00 bits per heavy atom. The molecule has 0 radical (unpaired) electrons. The van der Waals surface area contributed by atoms with Crippen LogP contribution in [0.25, 0.3) is 0 Å². The number of hydrogen-bond acceptors (Lipinski definition) is 4. The summed E-state index contributed by atoms with van der Waals surface area (Å²) in [7, 11) is 0. The Hall–Kier alpha value is -3.12. The van der Waals surface area contributed by atoms with Crippen LogP contribution in [0.15, 0.2) is 54.6 Å². The summed E-state index contributed by atoms with van der Waals surface area (Å²) < 4.78 is 5.02. The number of hydrogen-bond donors (Lipinski definition) is 1. The second kappa shape index (κ2) is 10.0. The standard InChI is InChI=1S/C28H30N2O3S/c1-2-33-25(31)18-19-12-14-21(15-13-19)29-28(32)30-17-16-23-22-10-6-7-11-24(22)34-27(23)26(30)20-8-4-3-5-9-20/h3-5,8-9,12-15,26H,2,6-7,10-11,16-18H2,1H3,(H,29,32)/t26-/m0/s1. The average Bonchev–Trinajstić information content (AvgIpc) is 3.24. The number of carbonyl (C=O) groups excluding carboxylic acids is 2. The van der Waals surface area contributed by atoms with Crippen LogP contribution >= 0.6 is 11.3 Å². The monoisotopic (exact) mass is 474 g/mol. The predicted molar refractivity (Wildman–Crippen MR) is 135 cm³/mol. The molecule has 1 aliphatic heterocycles. The molecular formula is C28H30N2O3S. The predicted octanol–water partition coefficient (Wildman–Crippen LogP) is 5.91. The van der Waals surface area contributed by atoms with Crippen molar-refractivity contribution in [1.29, 1.82) is 0 Å². The van der Waals surface area contributed by atoms with Crippen molar-refractivity contribution in [3.8, 4) is 0 Å². The van der Waals surface area contributed by atoms with Crippen LogP contribution in [0, 0.1) is 0 Å². The van der Waals surface area contributed by atoms with Gasteiger partial charge < -0.3 is 15.0 Å². The van der Waals surface area contributed by atoms with Crippen molar-refractivity contribution in [1.82, 2.24) is 4.90 Å². The molecule has 2 amide bonds. The highest BCUT2D eigenvalue weighted by Gasteiger charge is 2.36. The summed E-state index contributed by atoms with van der Waals surface area (Å²) in [6.07, 6.45) is 6.01. The number of urea groups is 1. The van der Waals surface area contributed by atoms with Gasteiger partial charge in [-0.2, -0.15) is 0 Å². The molecule has 1 aromatic heterocycles. The van der Waals surface area contributed by atoms with Crippen LogP contribution in [-0.4, -0.2) is 30.1 Å². The molecule has 176 valence electrons. The molecule has 5 nitrogen and oxygen atoms in total. The Balaban J connectivity index is 1.38.